The Labute approximate surface area is 173 Å². The third-order valence-electron chi connectivity index (χ3n) is 5.09. The summed E-state index contributed by atoms with van der Waals surface area (Å²) in [5.41, 5.74) is 1.32. The number of benzene rings is 2. The molecule has 0 saturated carbocycles. The molecular formula is C22H22N4O4. The number of hydrogen-bond donors (Lipinski definition) is 1. The number of carbonyl (C=O) groups excluding carboxylic acids is 2. The van der Waals surface area contributed by atoms with Crippen LogP contribution < -0.4 is 10.1 Å². The van der Waals surface area contributed by atoms with Gasteiger partial charge in [0.2, 0.25) is 11.7 Å². The van der Waals surface area contributed by atoms with Crippen LogP contribution in [0.5, 0.6) is 5.75 Å². The van der Waals surface area contributed by atoms with Gasteiger partial charge in [0.05, 0.1) is 12.2 Å². The SMILES string of the molecule is CCOc1ccccc1-c1noc(CN2C(=O)NC(C)(c3ccc(C)cc3)C2=O)n1. The second-order valence-corrected chi connectivity index (χ2v) is 7.25. The van der Waals surface area contributed by atoms with E-state index in [1.165, 1.54) is 0 Å². The molecule has 0 aliphatic carbocycles. The van der Waals surface area contributed by atoms with Crippen molar-refractivity contribution >= 4 is 11.9 Å². The summed E-state index contributed by atoms with van der Waals surface area (Å²) in [6, 6.07) is 14.3. The number of aryl methyl sites for hydroxylation is 1. The van der Waals surface area contributed by atoms with E-state index in [2.05, 4.69) is 15.5 Å². The standard InChI is InChI=1S/C22H22N4O4/c1-4-29-17-8-6-5-7-16(17)19-23-18(30-25-19)13-26-20(27)22(3,24-21(26)28)15-11-9-14(2)10-12-15/h5-12H,4,13H2,1-3H3,(H,24,28). The zero-order valence-corrected chi connectivity index (χ0v) is 17.0. The molecule has 8 nitrogen and oxygen atoms in total. The van der Waals surface area contributed by atoms with Crippen LogP contribution in [0.4, 0.5) is 4.79 Å². The van der Waals surface area contributed by atoms with Crippen molar-refractivity contribution in [3.8, 4) is 17.1 Å². The molecule has 2 aromatic carbocycles. The lowest BCUT2D eigenvalue weighted by atomic mass is 9.91. The normalized spacial score (nSPS) is 18.6. The van der Waals surface area contributed by atoms with Crippen LogP contribution in [0.25, 0.3) is 11.4 Å². The summed E-state index contributed by atoms with van der Waals surface area (Å²) in [5, 5.41) is 6.77. The number of para-hydroxylation sites is 1. The Balaban J connectivity index is 1.56. The van der Waals surface area contributed by atoms with Crippen LogP contribution in [0.1, 0.15) is 30.9 Å². The van der Waals surface area contributed by atoms with Crippen LogP contribution in [0, 0.1) is 6.92 Å². The number of amides is 3. The van der Waals surface area contributed by atoms with E-state index < -0.39 is 11.6 Å². The van der Waals surface area contributed by atoms with Gasteiger partial charge in [-0.15, -0.1) is 0 Å². The van der Waals surface area contributed by atoms with Crippen LogP contribution in [0.15, 0.2) is 53.1 Å². The zero-order valence-electron chi connectivity index (χ0n) is 17.0. The first-order chi connectivity index (χ1) is 14.4. The van der Waals surface area contributed by atoms with E-state index >= 15 is 0 Å². The molecule has 4 rings (SSSR count). The van der Waals surface area contributed by atoms with Gasteiger partial charge in [0.1, 0.15) is 17.8 Å². The van der Waals surface area contributed by atoms with E-state index in [-0.39, 0.29) is 18.3 Å². The Hall–Kier alpha value is -3.68. The van der Waals surface area contributed by atoms with Gasteiger partial charge >= 0.3 is 6.03 Å². The van der Waals surface area contributed by atoms with E-state index in [1.54, 1.807) is 6.92 Å². The minimum atomic E-state index is -1.14. The van der Waals surface area contributed by atoms with Gasteiger partial charge < -0.3 is 14.6 Å². The van der Waals surface area contributed by atoms with Crippen LogP contribution >= 0.6 is 0 Å². The second kappa shape index (κ2) is 7.62. The molecule has 1 aliphatic rings. The average molecular weight is 406 g/mol. The summed E-state index contributed by atoms with van der Waals surface area (Å²) in [6.45, 7) is 5.93. The van der Waals surface area contributed by atoms with Crippen molar-refractivity contribution in [1.29, 1.82) is 0 Å². The molecule has 0 radical (unpaired) electrons. The maximum atomic E-state index is 13.1. The predicted octanol–water partition coefficient (Wildman–Crippen LogP) is 3.41. The van der Waals surface area contributed by atoms with Crippen molar-refractivity contribution in [1.82, 2.24) is 20.4 Å². The zero-order chi connectivity index (χ0) is 21.3. The average Bonchev–Trinajstić information content (AvgIpc) is 3.28. The van der Waals surface area contributed by atoms with Crippen molar-refractivity contribution in [2.45, 2.75) is 32.9 Å². The summed E-state index contributed by atoms with van der Waals surface area (Å²) in [5.74, 6) is 0.760. The molecule has 0 spiro atoms. The molecule has 1 atom stereocenters. The third-order valence-corrected chi connectivity index (χ3v) is 5.09. The molecule has 3 amide bonds. The summed E-state index contributed by atoms with van der Waals surface area (Å²) >= 11 is 0. The highest BCUT2D eigenvalue weighted by Crippen LogP contribution is 2.31. The van der Waals surface area contributed by atoms with E-state index in [1.807, 2.05) is 62.4 Å². The fourth-order valence-electron chi connectivity index (χ4n) is 3.42. The lowest BCUT2D eigenvalue weighted by Crippen LogP contribution is -2.40. The molecule has 3 aromatic rings. The van der Waals surface area contributed by atoms with Crippen molar-refractivity contribution < 1.29 is 18.8 Å². The van der Waals surface area contributed by atoms with Crippen LogP contribution in [0.3, 0.4) is 0 Å². The van der Waals surface area contributed by atoms with Gasteiger partial charge in [-0.25, -0.2) is 4.79 Å². The van der Waals surface area contributed by atoms with Crippen LogP contribution in [-0.4, -0.2) is 33.6 Å². The molecule has 8 heteroatoms. The van der Waals surface area contributed by atoms with Gasteiger partial charge in [-0.1, -0.05) is 47.1 Å². The molecule has 0 bridgehead atoms. The number of imide groups is 1. The van der Waals surface area contributed by atoms with Crippen molar-refractivity contribution in [2.75, 3.05) is 6.61 Å². The number of nitrogens with one attached hydrogen (secondary N) is 1. The topological polar surface area (TPSA) is 97.6 Å². The molecule has 1 aromatic heterocycles. The van der Waals surface area contributed by atoms with Gasteiger partial charge in [0.25, 0.3) is 5.91 Å². The first kappa shape index (κ1) is 19.6. The molecule has 1 unspecified atom stereocenters. The maximum absolute atomic E-state index is 13.1. The number of carbonyl (C=O) groups is 2. The smallest absolute Gasteiger partial charge is 0.325 e. The summed E-state index contributed by atoms with van der Waals surface area (Å²) in [6.07, 6.45) is 0. The van der Waals surface area contributed by atoms with Gasteiger partial charge in [-0.05, 0) is 38.5 Å². The third kappa shape index (κ3) is 3.41. The van der Waals surface area contributed by atoms with Gasteiger partial charge in [0, 0.05) is 0 Å². The Morgan fingerprint density at radius 3 is 2.60 bits per heavy atom. The molecule has 1 N–H and O–H groups in total. The highest BCUT2D eigenvalue weighted by Gasteiger charge is 2.49. The number of hydrogen-bond acceptors (Lipinski definition) is 6. The van der Waals surface area contributed by atoms with E-state index in [9.17, 15) is 9.59 Å². The molecule has 154 valence electrons. The highest BCUT2D eigenvalue weighted by molar-refractivity contribution is 6.07. The Morgan fingerprint density at radius 1 is 1.13 bits per heavy atom. The highest BCUT2D eigenvalue weighted by atomic mass is 16.5. The van der Waals surface area contributed by atoms with Crippen molar-refractivity contribution in [2.24, 2.45) is 0 Å². The fourth-order valence-corrected chi connectivity index (χ4v) is 3.42. The monoisotopic (exact) mass is 406 g/mol. The van der Waals surface area contributed by atoms with Gasteiger partial charge in [-0.3, -0.25) is 9.69 Å². The maximum Gasteiger partial charge on any atom is 0.325 e. The quantitative estimate of drug-likeness (QED) is 0.630. The Kier molecular flexibility index (Phi) is 4.99. The fraction of sp³-hybridized carbons (Fsp3) is 0.273. The molecular weight excluding hydrogens is 384 g/mol. The Morgan fingerprint density at radius 2 is 1.87 bits per heavy atom. The summed E-state index contributed by atoms with van der Waals surface area (Å²) < 4.78 is 10.9. The summed E-state index contributed by atoms with van der Waals surface area (Å²) in [4.78, 5) is 31.1. The summed E-state index contributed by atoms with van der Waals surface area (Å²) in [7, 11) is 0. The van der Waals surface area contributed by atoms with Crippen molar-refractivity contribution in [3.05, 3.63) is 65.5 Å². The minimum Gasteiger partial charge on any atom is -0.493 e. The lowest BCUT2D eigenvalue weighted by molar-refractivity contribution is -0.131. The van der Waals surface area contributed by atoms with Crippen LogP contribution in [0.2, 0.25) is 0 Å². The number of urea groups is 1. The van der Waals surface area contributed by atoms with E-state index in [0.29, 0.717) is 29.3 Å². The number of nitrogens with zero attached hydrogens (tertiary/aromatic N) is 3. The largest absolute Gasteiger partial charge is 0.493 e. The number of ether oxygens (including phenoxy) is 1. The molecule has 1 fully saturated rings. The number of aromatic nitrogens is 2. The van der Waals surface area contributed by atoms with Crippen LogP contribution in [-0.2, 0) is 16.9 Å². The Bertz CT molecular complexity index is 1090. The first-order valence-electron chi connectivity index (χ1n) is 9.68. The van der Waals surface area contributed by atoms with Gasteiger partial charge in [-0.2, -0.15) is 4.98 Å². The predicted molar refractivity (Wildman–Crippen MR) is 109 cm³/mol. The molecule has 30 heavy (non-hydrogen) atoms. The molecule has 1 saturated heterocycles. The number of rotatable bonds is 6. The van der Waals surface area contributed by atoms with E-state index in [0.717, 1.165) is 10.5 Å². The first-order valence-corrected chi connectivity index (χ1v) is 9.68. The molecule has 1 aliphatic heterocycles. The second-order valence-electron chi connectivity index (χ2n) is 7.25. The molecule has 2 heterocycles. The van der Waals surface area contributed by atoms with Gasteiger partial charge in [0.15, 0.2) is 0 Å². The van der Waals surface area contributed by atoms with E-state index in [4.69, 9.17) is 9.26 Å². The van der Waals surface area contributed by atoms with Crippen molar-refractivity contribution in [3.63, 3.8) is 0 Å². The lowest BCUT2D eigenvalue weighted by Gasteiger charge is -2.22. The minimum absolute atomic E-state index is 0.115.